The molecule has 0 bridgehead atoms. The molecule has 100 valence electrons. The van der Waals surface area contributed by atoms with Crippen LogP contribution in [0.15, 0.2) is 24.3 Å². The van der Waals surface area contributed by atoms with E-state index >= 15 is 0 Å². The lowest BCUT2D eigenvalue weighted by Gasteiger charge is -2.23. The molecule has 0 heterocycles. The molecule has 0 aliphatic heterocycles. The van der Waals surface area contributed by atoms with Crippen molar-refractivity contribution in [3.05, 3.63) is 35.4 Å². The Hall–Kier alpha value is -1.40. The molecule has 0 radical (unpaired) electrons. The van der Waals surface area contributed by atoms with Crippen molar-refractivity contribution in [1.29, 1.82) is 0 Å². The number of carboxylic acids is 1. The van der Waals surface area contributed by atoms with Crippen LogP contribution >= 0.6 is 0 Å². The van der Waals surface area contributed by atoms with Crippen LogP contribution in [0.5, 0.6) is 0 Å². The molecule has 1 atom stereocenters. The second kappa shape index (κ2) is 5.49. The fraction of sp³-hybridized carbons (Fsp3) is 0.417. The van der Waals surface area contributed by atoms with Crippen molar-refractivity contribution in [2.45, 2.75) is 26.4 Å². The van der Waals surface area contributed by atoms with Crippen LogP contribution < -0.4 is 0 Å². The quantitative estimate of drug-likeness (QED) is 0.874. The van der Waals surface area contributed by atoms with Gasteiger partial charge in [0.2, 0.25) is 10.0 Å². The van der Waals surface area contributed by atoms with E-state index in [9.17, 15) is 13.2 Å². The number of rotatable bonds is 5. The molecule has 0 saturated heterocycles. The second-order valence-electron chi connectivity index (χ2n) is 4.31. The summed E-state index contributed by atoms with van der Waals surface area (Å²) in [5.41, 5.74) is 1.83. The van der Waals surface area contributed by atoms with Gasteiger partial charge in [0.05, 0.1) is 6.26 Å². The highest BCUT2D eigenvalue weighted by Gasteiger charge is 2.28. The predicted molar refractivity (Wildman–Crippen MR) is 68.7 cm³/mol. The van der Waals surface area contributed by atoms with Crippen LogP contribution in [0.2, 0.25) is 0 Å². The number of carbonyl (C=O) groups is 1. The zero-order valence-corrected chi connectivity index (χ0v) is 11.4. The highest BCUT2D eigenvalue weighted by molar-refractivity contribution is 7.88. The van der Waals surface area contributed by atoms with Crippen molar-refractivity contribution >= 4 is 16.0 Å². The van der Waals surface area contributed by atoms with Crippen molar-refractivity contribution in [2.75, 3.05) is 6.26 Å². The van der Waals surface area contributed by atoms with E-state index in [-0.39, 0.29) is 6.54 Å². The van der Waals surface area contributed by atoms with Gasteiger partial charge in [-0.3, -0.25) is 4.79 Å². The van der Waals surface area contributed by atoms with E-state index in [1.807, 2.05) is 19.1 Å². The van der Waals surface area contributed by atoms with Crippen molar-refractivity contribution in [1.82, 2.24) is 4.31 Å². The lowest BCUT2D eigenvalue weighted by Crippen LogP contribution is -2.42. The predicted octanol–water partition coefficient (Wildman–Crippen LogP) is 1.23. The number of aliphatic carboxylic acids is 1. The van der Waals surface area contributed by atoms with Gasteiger partial charge in [-0.25, -0.2) is 8.42 Å². The minimum absolute atomic E-state index is 0.0621. The van der Waals surface area contributed by atoms with Gasteiger partial charge in [0.15, 0.2) is 0 Å². The molecule has 1 aromatic rings. The van der Waals surface area contributed by atoms with Gasteiger partial charge in [0, 0.05) is 6.54 Å². The first kappa shape index (κ1) is 14.7. The third-order valence-corrected chi connectivity index (χ3v) is 3.97. The van der Waals surface area contributed by atoms with Crippen molar-refractivity contribution < 1.29 is 18.3 Å². The van der Waals surface area contributed by atoms with E-state index < -0.39 is 22.0 Å². The van der Waals surface area contributed by atoms with Crippen molar-refractivity contribution in [2.24, 2.45) is 0 Å². The van der Waals surface area contributed by atoms with Gasteiger partial charge in [-0.15, -0.1) is 0 Å². The zero-order valence-electron chi connectivity index (χ0n) is 10.6. The van der Waals surface area contributed by atoms with Crippen LogP contribution in [0, 0.1) is 6.92 Å². The summed E-state index contributed by atoms with van der Waals surface area (Å²) in [6, 6.07) is 6.23. The molecule has 1 N–H and O–H groups in total. The Morgan fingerprint density at radius 3 is 2.22 bits per heavy atom. The number of hydrogen-bond donors (Lipinski definition) is 1. The zero-order chi connectivity index (χ0) is 13.9. The second-order valence-corrected chi connectivity index (χ2v) is 6.24. The Morgan fingerprint density at radius 2 is 1.83 bits per heavy atom. The maximum Gasteiger partial charge on any atom is 0.321 e. The summed E-state index contributed by atoms with van der Waals surface area (Å²) in [5.74, 6) is -1.16. The van der Waals surface area contributed by atoms with Gasteiger partial charge in [0.1, 0.15) is 6.04 Å². The molecule has 0 amide bonds. The highest BCUT2D eigenvalue weighted by atomic mass is 32.2. The van der Waals surface area contributed by atoms with Crippen LogP contribution in [-0.2, 0) is 21.4 Å². The first-order chi connectivity index (χ1) is 8.21. The molecule has 0 fully saturated rings. The molecule has 0 saturated carbocycles. The molecule has 6 heteroatoms. The minimum Gasteiger partial charge on any atom is -0.480 e. The summed E-state index contributed by atoms with van der Waals surface area (Å²) in [6.45, 7) is 3.35. The normalized spacial score (nSPS) is 13.6. The fourth-order valence-corrected chi connectivity index (χ4v) is 2.59. The first-order valence-electron chi connectivity index (χ1n) is 5.47. The molecule has 18 heavy (non-hydrogen) atoms. The molecule has 1 unspecified atom stereocenters. The van der Waals surface area contributed by atoms with Gasteiger partial charge in [-0.05, 0) is 19.4 Å². The molecule has 5 nitrogen and oxygen atoms in total. The summed E-state index contributed by atoms with van der Waals surface area (Å²) >= 11 is 0. The van der Waals surface area contributed by atoms with E-state index in [1.165, 1.54) is 6.92 Å². The third-order valence-electron chi connectivity index (χ3n) is 2.67. The van der Waals surface area contributed by atoms with Crippen LogP contribution in [-0.4, -0.2) is 36.1 Å². The molecule has 0 aliphatic carbocycles. The molecule has 1 rings (SSSR count). The Bertz CT molecular complexity index is 522. The van der Waals surface area contributed by atoms with E-state index in [0.717, 1.165) is 21.7 Å². The monoisotopic (exact) mass is 271 g/mol. The summed E-state index contributed by atoms with van der Waals surface area (Å²) in [7, 11) is -3.56. The van der Waals surface area contributed by atoms with E-state index in [0.29, 0.717) is 0 Å². The lowest BCUT2D eigenvalue weighted by molar-refractivity contribution is -0.141. The number of nitrogens with zero attached hydrogens (tertiary/aromatic N) is 1. The third kappa shape index (κ3) is 3.82. The van der Waals surface area contributed by atoms with E-state index in [2.05, 4.69) is 0 Å². The largest absolute Gasteiger partial charge is 0.480 e. The smallest absolute Gasteiger partial charge is 0.321 e. The van der Waals surface area contributed by atoms with Gasteiger partial charge in [-0.2, -0.15) is 4.31 Å². The summed E-state index contributed by atoms with van der Waals surface area (Å²) < 4.78 is 24.2. The van der Waals surface area contributed by atoms with Crippen molar-refractivity contribution in [3.8, 4) is 0 Å². The SMILES string of the molecule is Cc1ccc(CN(C(C)C(=O)O)S(C)(=O)=O)cc1. The van der Waals surface area contributed by atoms with Crippen LogP contribution in [0.3, 0.4) is 0 Å². The Balaban J connectivity index is 3.00. The van der Waals surface area contributed by atoms with Gasteiger partial charge < -0.3 is 5.11 Å². The number of sulfonamides is 1. The maximum absolute atomic E-state index is 11.6. The van der Waals surface area contributed by atoms with Crippen molar-refractivity contribution in [3.63, 3.8) is 0 Å². The molecule has 1 aromatic carbocycles. The number of hydrogen-bond acceptors (Lipinski definition) is 3. The lowest BCUT2D eigenvalue weighted by atomic mass is 10.1. The Morgan fingerprint density at radius 1 is 1.33 bits per heavy atom. The summed E-state index contributed by atoms with van der Waals surface area (Å²) in [5, 5.41) is 8.93. The minimum atomic E-state index is -3.56. The highest BCUT2D eigenvalue weighted by Crippen LogP contribution is 2.13. The summed E-state index contributed by atoms with van der Waals surface area (Å²) in [6.07, 6.45) is 1.01. The molecule has 0 aromatic heterocycles. The van der Waals surface area contributed by atoms with Gasteiger partial charge in [-0.1, -0.05) is 29.8 Å². The van der Waals surface area contributed by atoms with Gasteiger partial charge >= 0.3 is 5.97 Å². The molecule has 0 aliphatic rings. The molecular weight excluding hydrogens is 254 g/mol. The Kier molecular flexibility index (Phi) is 4.48. The number of aryl methyl sites for hydroxylation is 1. The average Bonchev–Trinajstić information content (AvgIpc) is 2.25. The summed E-state index contributed by atoms with van der Waals surface area (Å²) in [4.78, 5) is 10.9. The number of benzene rings is 1. The topological polar surface area (TPSA) is 74.7 Å². The van der Waals surface area contributed by atoms with Crippen LogP contribution in [0.25, 0.3) is 0 Å². The van der Waals surface area contributed by atoms with Gasteiger partial charge in [0.25, 0.3) is 0 Å². The maximum atomic E-state index is 11.6. The van der Waals surface area contributed by atoms with Crippen LogP contribution in [0.1, 0.15) is 18.1 Å². The molecule has 0 spiro atoms. The Labute approximate surface area is 107 Å². The number of carboxylic acid groups (broad SMARTS) is 1. The fourth-order valence-electron chi connectivity index (χ4n) is 1.54. The first-order valence-corrected chi connectivity index (χ1v) is 7.32. The standard InChI is InChI=1S/C12H17NO4S/c1-9-4-6-11(7-5-9)8-13(18(3,16)17)10(2)12(14)15/h4-7,10H,8H2,1-3H3,(H,14,15). The molecular formula is C12H17NO4S. The van der Waals surface area contributed by atoms with Crippen LogP contribution in [0.4, 0.5) is 0 Å². The van der Waals surface area contributed by atoms with E-state index in [4.69, 9.17) is 5.11 Å². The average molecular weight is 271 g/mol. The van der Waals surface area contributed by atoms with E-state index in [1.54, 1.807) is 12.1 Å².